The first-order chi connectivity index (χ1) is 13.0. The molecule has 0 aliphatic heterocycles. The van der Waals surface area contributed by atoms with Gasteiger partial charge in [-0.1, -0.05) is 51.1 Å². The minimum absolute atomic E-state index is 0.136. The molecule has 0 unspecified atom stereocenters. The fraction of sp³-hybridized carbons (Fsp3) is 0.273. The molecular formula is C22H26N4O. The number of para-hydroxylation sites is 1. The van der Waals surface area contributed by atoms with Gasteiger partial charge in [0.2, 0.25) is 5.95 Å². The summed E-state index contributed by atoms with van der Waals surface area (Å²) >= 11 is 0. The third kappa shape index (κ3) is 4.97. The van der Waals surface area contributed by atoms with Gasteiger partial charge in [-0.05, 0) is 35.2 Å². The molecule has 0 radical (unpaired) electrons. The number of aromatic nitrogens is 2. The van der Waals surface area contributed by atoms with E-state index >= 15 is 0 Å². The van der Waals surface area contributed by atoms with Gasteiger partial charge in [-0.3, -0.25) is 0 Å². The molecule has 0 amide bonds. The van der Waals surface area contributed by atoms with Crippen LogP contribution in [0.5, 0.6) is 5.75 Å². The third-order valence-electron chi connectivity index (χ3n) is 4.32. The fourth-order valence-corrected chi connectivity index (χ4v) is 2.73. The maximum atomic E-state index is 5.38. The lowest BCUT2D eigenvalue weighted by molar-refractivity contribution is 0.410. The second kappa shape index (κ2) is 8.08. The molecule has 1 aromatic heterocycles. The highest BCUT2D eigenvalue weighted by Crippen LogP contribution is 2.24. The first-order valence-corrected chi connectivity index (χ1v) is 9.02. The van der Waals surface area contributed by atoms with Gasteiger partial charge in [-0.25, -0.2) is 4.98 Å². The maximum Gasteiger partial charge on any atom is 0.229 e. The van der Waals surface area contributed by atoms with Gasteiger partial charge in [-0.15, -0.1) is 0 Å². The Balaban J connectivity index is 1.67. The average molecular weight is 362 g/mol. The summed E-state index contributed by atoms with van der Waals surface area (Å²) in [6.07, 6.45) is 1.74. The summed E-state index contributed by atoms with van der Waals surface area (Å²) in [5, 5.41) is 6.58. The van der Waals surface area contributed by atoms with Gasteiger partial charge in [0.1, 0.15) is 11.6 Å². The van der Waals surface area contributed by atoms with E-state index in [1.807, 2.05) is 30.3 Å². The van der Waals surface area contributed by atoms with E-state index in [0.29, 0.717) is 12.5 Å². The van der Waals surface area contributed by atoms with Crippen LogP contribution >= 0.6 is 0 Å². The van der Waals surface area contributed by atoms with Gasteiger partial charge in [0.15, 0.2) is 0 Å². The topological polar surface area (TPSA) is 59.1 Å². The molecule has 2 N–H and O–H groups in total. The van der Waals surface area contributed by atoms with Crippen LogP contribution < -0.4 is 15.4 Å². The summed E-state index contributed by atoms with van der Waals surface area (Å²) in [5.74, 6) is 2.17. The van der Waals surface area contributed by atoms with Crippen LogP contribution in [-0.4, -0.2) is 17.1 Å². The Kier molecular flexibility index (Phi) is 5.60. The highest BCUT2D eigenvalue weighted by molar-refractivity contribution is 5.55. The number of rotatable bonds is 6. The van der Waals surface area contributed by atoms with Crippen LogP contribution in [0.25, 0.3) is 0 Å². The molecule has 3 aromatic rings. The number of anilines is 3. The Morgan fingerprint density at radius 2 is 1.70 bits per heavy atom. The molecule has 1 heterocycles. The summed E-state index contributed by atoms with van der Waals surface area (Å²) < 4.78 is 5.38. The Bertz CT molecular complexity index is 885. The van der Waals surface area contributed by atoms with Crippen molar-refractivity contribution in [2.45, 2.75) is 32.7 Å². The van der Waals surface area contributed by atoms with Gasteiger partial charge in [0.05, 0.1) is 7.11 Å². The smallest absolute Gasteiger partial charge is 0.229 e. The quantitative estimate of drug-likeness (QED) is 0.636. The molecule has 0 saturated carbocycles. The van der Waals surface area contributed by atoms with E-state index in [0.717, 1.165) is 22.8 Å². The standard InChI is InChI=1S/C22H26N4O/c1-22(2,3)17-9-11-18(12-10-17)25-21-23-14-13-20(26-21)24-15-16-7-5-6-8-19(16)27-4/h5-14H,15H2,1-4H3,(H2,23,24,25,26). The van der Waals surface area contributed by atoms with Crippen LogP contribution in [0.4, 0.5) is 17.5 Å². The molecule has 5 nitrogen and oxygen atoms in total. The van der Waals surface area contributed by atoms with Gasteiger partial charge in [0.25, 0.3) is 0 Å². The van der Waals surface area contributed by atoms with Crippen LogP contribution in [0.1, 0.15) is 31.9 Å². The van der Waals surface area contributed by atoms with Crippen molar-refractivity contribution in [1.82, 2.24) is 9.97 Å². The first kappa shape index (κ1) is 18.7. The van der Waals surface area contributed by atoms with Gasteiger partial charge >= 0.3 is 0 Å². The van der Waals surface area contributed by atoms with Crippen molar-refractivity contribution in [3.05, 3.63) is 71.9 Å². The molecule has 3 rings (SSSR count). The van der Waals surface area contributed by atoms with Crippen molar-refractivity contribution in [2.24, 2.45) is 0 Å². The van der Waals surface area contributed by atoms with E-state index in [1.54, 1.807) is 13.3 Å². The minimum atomic E-state index is 0.136. The molecule has 27 heavy (non-hydrogen) atoms. The lowest BCUT2D eigenvalue weighted by atomic mass is 9.87. The van der Waals surface area contributed by atoms with E-state index in [2.05, 4.69) is 65.6 Å². The number of nitrogens with one attached hydrogen (secondary N) is 2. The second-order valence-electron chi connectivity index (χ2n) is 7.38. The number of nitrogens with zero attached hydrogens (tertiary/aromatic N) is 2. The average Bonchev–Trinajstić information content (AvgIpc) is 2.66. The van der Waals surface area contributed by atoms with E-state index in [-0.39, 0.29) is 5.41 Å². The Morgan fingerprint density at radius 1 is 0.963 bits per heavy atom. The van der Waals surface area contributed by atoms with E-state index in [4.69, 9.17) is 4.74 Å². The molecule has 0 fully saturated rings. The summed E-state index contributed by atoms with van der Waals surface area (Å²) in [5.41, 5.74) is 3.47. The largest absolute Gasteiger partial charge is 0.496 e. The highest BCUT2D eigenvalue weighted by atomic mass is 16.5. The lowest BCUT2D eigenvalue weighted by Crippen LogP contribution is -2.10. The van der Waals surface area contributed by atoms with E-state index in [1.165, 1.54) is 5.56 Å². The molecule has 2 aromatic carbocycles. The van der Waals surface area contributed by atoms with Crippen molar-refractivity contribution in [1.29, 1.82) is 0 Å². The highest BCUT2D eigenvalue weighted by Gasteiger charge is 2.13. The Hall–Kier alpha value is -3.08. The molecule has 0 atom stereocenters. The van der Waals surface area contributed by atoms with Crippen molar-refractivity contribution < 1.29 is 4.74 Å². The number of hydrogen-bond acceptors (Lipinski definition) is 5. The molecule has 5 heteroatoms. The van der Waals surface area contributed by atoms with E-state index < -0.39 is 0 Å². The summed E-state index contributed by atoms with van der Waals surface area (Å²) in [6, 6.07) is 18.2. The summed E-state index contributed by atoms with van der Waals surface area (Å²) in [7, 11) is 1.68. The number of benzene rings is 2. The summed E-state index contributed by atoms with van der Waals surface area (Å²) in [6.45, 7) is 7.24. The zero-order valence-corrected chi connectivity index (χ0v) is 16.3. The monoisotopic (exact) mass is 362 g/mol. The minimum Gasteiger partial charge on any atom is -0.496 e. The van der Waals surface area contributed by atoms with Gasteiger partial charge in [-0.2, -0.15) is 4.98 Å². The molecule has 0 aliphatic rings. The number of methoxy groups -OCH3 is 1. The van der Waals surface area contributed by atoms with Gasteiger partial charge < -0.3 is 15.4 Å². The van der Waals surface area contributed by atoms with E-state index in [9.17, 15) is 0 Å². The van der Waals surface area contributed by atoms with Crippen LogP contribution in [0.3, 0.4) is 0 Å². The van der Waals surface area contributed by atoms with Gasteiger partial charge in [0, 0.05) is 24.0 Å². The predicted molar refractivity (Wildman–Crippen MR) is 111 cm³/mol. The van der Waals surface area contributed by atoms with Crippen LogP contribution in [0, 0.1) is 0 Å². The zero-order chi connectivity index (χ0) is 19.3. The van der Waals surface area contributed by atoms with Crippen molar-refractivity contribution in [2.75, 3.05) is 17.7 Å². The Labute approximate surface area is 160 Å². The second-order valence-corrected chi connectivity index (χ2v) is 7.38. The number of hydrogen-bond donors (Lipinski definition) is 2. The van der Waals surface area contributed by atoms with Crippen LogP contribution in [0.15, 0.2) is 60.8 Å². The van der Waals surface area contributed by atoms with Crippen molar-refractivity contribution in [3.63, 3.8) is 0 Å². The SMILES string of the molecule is COc1ccccc1CNc1ccnc(Nc2ccc(C(C)(C)C)cc2)n1. The third-order valence-corrected chi connectivity index (χ3v) is 4.32. The van der Waals surface area contributed by atoms with Crippen LogP contribution in [0.2, 0.25) is 0 Å². The predicted octanol–water partition coefficient (Wildman–Crippen LogP) is 5.14. The molecule has 140 valence electrons. The zero-order valence-electron chi connectivity index (χ0n) is 16.3. The summed E-state index contributed by atoms with van der Waals surface area (Å²) in [4.78, 5) is 8.84. The first-order valence-electron chi connectivity index (χ1n) is 9.02. The van der Waals surface area contributed by atoms with Crippen LogP contribution in [-0.2, 0) is 12.0 Å². The lowest BCUT2D eigenvalue weighted by Gasteiger charge is -2.19. The Morgan fingerprint density at radius 3 is 2.41 bits per heavy atom. The van der Waals surface area contributed by atoms with Crippen molar-refractivity contribution in [3.8, 4) is 5.75 Å². The molecule has 0 saturated heterocycles. The fourth-order valence-electron chi connectivity index (χ4n) is 2.73. The molecule has 0 spiro atoms. The maximum absolute atomic E-state index is 5.38. The molecular weight excluding hydrogens is 336 g/mol. The molecule has 0 aliphatic carbocycles. The molecule has 0 bridgehead atoms. The number of ether oxygens (including phenoxy) is 1. The van der Waals surface area contributed by atoms with Crippen molar-refractivity contribution >= 4 is 17.5 Å². The normalized spacial score (nSPS) is 11.1.